The van der Waals surface area contributed by atoms with Crippen molar-refractivity contribution >= 4 is 23.5 Å². The number of alkyl halides is 2. The van der Waals surface area contributed by atoms with Crippen LogP contribution < -0.4 is 29.3 Å². The highest BCUT2D eigenvalue weighted by atomic mass is 19.3. The summed E-state index contributed by atoms with van der Waals surface area (Å²) in [5, 5.41) is 2.60. The van der Waals surface area contributed by atoms with Crippen molar-refractivity contribution in [3.63, 3.8) is 0 Å². The number of likely N-dealkylation sites (N-methyl/N-ethyl adjacent to an activating group) is 1. The highest BCUT2D eigenvalue weighted by Gasteiger charge is 2.47. The fourth-order valence-electron chi connectivity index (χ4n) is 6.43. The summed E-state index contributed by atoms with van der Waals surface area (Å²) in [6, 6.07) is 9.40. The first kappa shape index (κ1) is 30.4. The fraction of sp³-hybridized carbons (Fsp3) is 0.387. The molecule has 6 rings (SSSR count). The molecule has 10 nitrogen and oxygen atoms in total. The molecule has 0 aliphatic carbocycles. The lowest BCUT2D eigenvalue weighted by molar-refractivity contribution is -0.118. The predicted octanol–water partition coefficient (Wildman–Crippen LogP) is 3.80. The zero-order valence-electron chi connectivity index (χ0n) is 24.7. The number of piperazine rings is 1. The van der Waals surface area contributed by atoms with Crippen molar-refractivity contribution in [1.82, 2.24) is 15.2 Å². The Morgan fingerprint density at radius 3 is 2.13 bits per heavy atom. The molecule has 1 unspecified atom stereocenters. The van der Waals surface area contributed by atoms with E-state index in [9.17, 15) is 18.4 Å². The number of amides is 2. The predicted molar refractivity (Wildman–Crippen MR) is 155 cm³/mol. The van der Waals surface area contributed by atoms with Gasteiger partial charge in [-0.3, -0.25) is 19.4 Å². The first-order valence-electron chi connectivity index (χ1n) is 14.3. The van der Waals surface area contributed by atoms with Gasteiger partial charge in [-0.2, -0.15) is 8.78 Å². The van der Waals surface area contributed by atoms with Gasteiger partial charge < -0.3 is 24.4 Å². The second kappa shape index (κ2) is 12.1. The van der Waals surface area contributed by atoms with E-state index in [4.69, 9.17) is 14.5 Å². The molecule has 238 valence electrons. The van der Waals surface area contributed by atoms with E-state index in [1.54, 1.807) is 12.1 Å². The molecule has 3 fully saturated rings. The van der Waals surface area contributed by atoms with Crippen molar-refractivity contribution in [3.8, 4) is 17.2 Å². The van der Waals surface area contributed by atoms with E-state index in [1.807, 2.05) is 0 Å². The number of benzene rings is 2. The van der Waals surface area contributed by atoms with Gasteiger partial charge in [-0.25, -0.2) is 13.8 Å². The summed E-state index contributed by atoms with van der Waals surface area (Å²) in [4.78, 5) is 37.8. The van der Waals surface area contributed by atoms with E-state index in [1.165, 1.54) is 43.4 Å². The van der Waals surface area contributed by atoms with E-state index in [0.29, 0.717) is 17.6 Å². The van der Waals surface area contributed by atoms with Crippen LogP contribution in [0.25, 0.3) is 0 Å². The normalized spacial score (nSPS) is 22.8. The first-order chi connectivity index (χ1) is 21.6. The molecule has 3 saturated heterocycles. The Bertz CT molecular complexity index is 1580. The average Bonchev–Trinajstić information content (AvgIpc) is 3.69. The number of nitrogens with one attached hydrogen (secondary N) is 1. The highest BCUT2D eigenvalue weighted by Crippen LogP contribution is 2.39. The zero-order chi connectivity index (χ0) is 32.0. The molecule has 0 radical (unpaired) electrons. The Labute approximate surface area is 256 Å². The largest absolute Gasteiger partial charge is 0.497 e. The van der Waals surface area contributed by atoms with E-state index in [-0.39, 0.29) is 35.5 Å². The number of ether oxygens (including phenoxy) is 3. The molecule has 2 bridgehead atoms. The van der Waals surface area contributed by atoms with E-state index >= 15 is 8.78 Å². The van der Waals surface area contributed by atoms with Crippen LogP contribution in [0.15, 0.2) is 48.5 Å². The minimum absolute atomic E-state index is 0.0214. The Kier molecular flexibility index (Phi) is 8.16. The van der Waals surface area contributed by atoms with Crippen LogP contribution >= 0.6 is 0 Å². The summed E-state index contributed by atoms with van der Waals surface area (Å²) in [5.41, 5.74) is -0.381. The molecule has 2 amide bonds. The molecule has 0 spiro atoms. The number of rotatable bonds is 9. The number of likely N-dealkylation sites (tertiary alicyclic amines) is 1. The van der Waals surface area contributed by atoms with Crippen LogP contribution in [0.3, 0.4) is 0 Å². The Morgan fingerprint density at radius 2 is 1.56 bits per heavy atom. The van der Waals surface area contributed by atoms with Gasteiger partial charge in [-0.15, -0.1) is 0 Å². The molecule has 4 atom stereocenters. The molecule has 3 aromatic rings. The van der Waals surface area contributed by atoms with Gasteiger partial charge >= 0.3 is 6.61 Å². The SMILES string of the molecule is COc1cc(N2C[C@@H](c3c(F)cc(OC)cc3F)C(NC(=O)c3ccc(OC(F)F)cc3)C2=O)nc(N2C[C@@H]3C[C@H]2CN3C)c1. The number of carbonyl (C=O) groups excluding carboxylic acids is 2. The van der Waals surface area contributed by atoms with Crippen molar-refractivity contribution in [2.24, 2.45) is 0 Å². The molecule has 1 aromatic heterocycles. The summed E-state index contributed by atoms with van der Waals surface area (Å²) in [7, 11) is 4.84. The van der Waals surface area contributed by atoms with Gasteiger partial charge in [0.1, 0.15) is 46.6 Å². The lowest BCUT2D eigenvalue weighted by Gasteiger charge is -2.33. The van der Waals surface area contributed by atoms with Crippen LogP contribution in [0.5, 0.6) is 17.2 Å². The van der Waals surface area contributed by atoms with E-state index < -0.39 is 47.6 Å². The summed E-state index contributed by atoms with van der Waals surface area (Å²) in [6.07, 6.45) is 0.981. The average molecular weight is 630 g/mol. The molecule has 14 heteroatoms. The number of pyridine rings is 1. The van der Waals surface area contributed by atoms with Gasteiger partial charge in [0.2, 0.25) is 0 Å². The summed E-state index contributed by atoms with van der Waals surface area (Å²) < 4.78 is 70.8. The van der Waals surface area contributed by atoms with E-state index in [0.717, 1.165) is 31.6 Å². The van der Waals surface area contributed by atoms with Crippen LogP contribution in [0.4, 0.5) is 29.2 Å². The lowest BCUT2D eigenvalue weighted by atomic mass is 9.92. The number of nitrogens with zero attached hydrogens (tertiary/aromatic N) is 4. The third kappa shape index (κ3) is 5.81. The topological polar surface area (TPSA) is 96.5 Å². The summed E-state index contributed by atoms with van der Waals surface area (Å²) in [6.45, 7) is -1.64. The van der Waals surface area contributed by atoms with Gasteiger partial charge in [0.15, 0.2) is 0 Å². The van der Waals surface area contributed by atoms with Crippen LogP contribution in [-0.4, -0.2) is 87.3 Å². The third-order valence-corrected chi connectivity index (χ3v) is 8.69. The van der Waals surface area contributed by atoms with Crippen molar-refractivity contribution in [1.29, 1.82) is 0 Å². The van der Waals surface area contributed by atoms with Gasteiger partial charge in [0, 0.05) is 73.0 Å². The monoisotopic (exact) mass is 629 g/mol. The molecule has 2 aromatic carbocycles. The molecular weight excluding hydrogens is 598 g/mol. The quantitative estimate of drug-likeness (QED) is 0.358. The van der Waals surface area contributed by atoms with Crippen LogP contribution in [-0.2, 0) is 4.79 Å². The standard InChI is InChI=1S/C31H31F4N5O5/c1-38-13-18-8-17(38)14-39(18)25-11-21(44-3)12-26(36-25)40-15-22(27-23(32)9-20(43-2)10-24(27)33)28(30(40)42)37-29(41)16-4-6-19(7-5-16)45-31(34)35/h4-7,9-12,17-18,22,28,31H,8,13-15H2,1-3H3,(H,37,41)/t17-,18-,22-,28?/m0/s1. The smallest absolute Gasteiger partial charge is 0.387 e. The minimum atomic E-state index is -3.05. The van der Waals surface area contributed by atoms with Gasteiger partial charge in [0.05, 0.1) is 14.2 Å². The second-order valence-electron chi connectivity index (χ2n) is 11.3. The molecule has 1 N–H and O–H groups in total. The number of fused-ring (bicyclic) bond motifs is 2. The molecule has 4 heterocycles. The maximum atomic E-state index is 15.4. The van der Waals surface area contributed by atoms with Crippen molar-refractivity contribution in [2.45, 2.75) is 37.1 Å². The molecular formula is C31H31F4N5O5. The van der Waals surface area contributed by atoms with Crippen molar-refractivity contribution in [2.75, 3.05) is 50.7 Å². The minimum Gasteiger partial charge on any atom is -0.497 e. The number of halogens is 4. The second-order valence-corrected chi connectivity index (χ2v) is 11.3. The number of anilines is 2. The molecule has 0 saturated carbocycles. The van der Waals surface area contributed by atoms with Gasteiger partial charge in [0.25, 0.3) is 11.8 Å². The number of methoxy groups -OCH3 is 2. The van der Waals surface area contributed by atoms with Gasteiger partial charge in [-0.05, 0) is 37.7 Å². The Balaban J connectivity index is 1.34. The summed E-state index contributed by atoms with van der Waals surface area (Å²) >= 11 is 0. The molecule has 3 aliphatic heterocycles. The Morgan fingerprint density at radius 1 is 0.911 bits per heavy atom. The lowest BCUT2D eigenvalue weighted by Crippen LogP contribution is -2.45. The number of aromatic nitrogens is 1. The van der Waals surface area contributed by atoms with Crippen LogP contribution in [0.1, 0.15) is 28.3 Å². The van der Waals surface area contributed by atoms with Crippen molar-refractivity contribution in [3.05, 3.63) is 71.3 Å². The zero-order valence-corrected chi connectivity index (χ0v) is 24.7. The number of carbonyl (C=O) groups is 2. The number of hydrogen-bond acceptors (Lipinski definition) is 8. The van der Waals surface area contributed by atoms with Crippen LogP contribution in [0.2, 0.25) is 0 Å². The van der Waals surface area contributed by atoms with Crippen molar-refractivity contribution < 1.29 is 41.4 Å². The van der Waals surface area contributed by atoms with Crippen LogP contribution in [0, 0.1) is 11.6 Å². The number of hydrogen-bond donors (Lipinski definition) is 1. The first-order valence-corrected chi connectivity index (χ1v) is 14.3. The molecule has 45 heavy (non-hydrogen) atoms. The maximum absolute atomic E-state index is 15.4. The fourth-order valence-corrected chi connectivity index (χ4v) is 6.43. The third-order valence-electron chi connectivity index (χ3n) is 8.69. The highest BCUT2D eigenvalue weighted by molar-refractivity contribution is 6.04. The maximum Gasteiger partial charge on any atom is 0.387 e. The van der Waals surface area contributed by atoms with Gasteiger partial charge in [-0.1, -0.05) is 0 Å². The summed E-state index contributed by atoms with van der Waals surface area (Å²) in [5.74, 6) is -3.42. The molecule has 3 aliphatic rings. The van der Waals surface area contributed by atoms with E-state index in [2.05, 4.69) is 26.9 Å². The Hall–Kier alpha value is -4.59.